The van der Waals surface area contributed by atoms with Gasteiger partial charge in [0, 0.05) is 32.1 Å². The first-order chi connectivity index (χ1) is 13.0. The van der Waals surface area contributed by atoms with E-state index in [1.54, 1.807) is 12.1 Å². The predicted octanol–water partition coefficient (Wildman–Crippen LogP) is 2.43. The molecule has 1 aromatic carbocycles. The Hall–Kier alpha value is -1.44. The van der Waals surface area contributed by atoms with Crippen molar-refractivity contribution in [2.24, 2.45) is 0 Å². The summed E-state index contributed by atoms with van der Waals surface area (Å²) in [4.78, 5) is 14.9. The normalized spacial score (nSPS) is 22.0. The van der Waals surface area contributed by atoms with Gasteiger partial charge in [0.15, 0.2) is 0 Å². The molecule has 0 saturated carbocycles. The van der Waals surface area contributed by atoms with Crippen LogP contribution in [0.2, 0.25) is 0 Å². The Labute approximate surface area is 162 Å². The van der Waals surface area contributed by atoms with Crippen LogP contribution in [0.4, 0.5) is 0 Å². The fourth-order valence-corrected chi connectivity index (χ4v) is 5.32. The van der Waals surface area contributed by atoms with Gasteiger partial charge in [-0.05, 0) is 49.8 Å². The van der Waals surface area contributed by atoms with Crippen molar-refractivity contribution in [2.75, 3.05) is 32.8 Å². The summed E-state index contributed by atoms with van der Waals surface area (Å²) in [6.07, 6.45) is 5.55. The van der Waals surface area contributed by atoms with Crippen LogP contribution in [0.1, 0.15) is 44.6 Å². The van der Waals surface area contributed by atoms with E-state index in [0.29, 0.717) is 50.1 Å². The molecule has 2 aliphatic heterocycles. The second-order valence-corrected chi connectivity index (χ2v) is 9.24. The molecule has 2 fully saturated rings. The molecule has 0 aliphatic carbocycles. The van der Waals surface area contributed by atoms with Gasteiger partial charge < -0.3 is 9.64 Å². The van der Waals surface area contributed by atoms with Gasteiger partial charge in [0.25, 0.3) is 0 Å². The van der Waals surface area contributed by atoms with E-state index >= 15 is 0 Å². The van der Waals surface area contributed by atoms with Crippen molar-refractivity contribution in [1.82, 2.24) is 9.21 Å². The minimum Gasteiger partial charge on any atom is -0.379 e. The van der Waals surface area contributed by atoms with Crippen molar-refractivity contribution in [1.29, 1.82) is 0 Å². The van der Waals surface area contributed by atoms with Crippen molar-refractivity contribution >= 4 is 15.9 Å². The lowest BCUT2D eigenvalue weighted by molar-refractivity contribution is -0.134. The number of carbonyl (C=O) groups excluding carboxylic acids is 1. The molecule has 1 amide bonds. The summed E-state index contributed by atoms with van der Waals surface area (Å²) in [7, 11) is -3.46. The number of hydrogen-bond donors (Lipinski definition) is 0. The van der Waals surface area contributed by atoms with E-state index in [1.807, 2.05) is 17.0 Å². The Morgan fingerprint density at radius 3 is 2.48 bits per heavy atom. The molecule has 7 heteroatoms. The first-order valence-corrected chi connectivity index (χ1v) is 11.4. The summed E-state index contributed by atoms with van der Waals surface area (Å²) < 4.78 is 32.0. The highest BCUT2D eigenvalue weighted by Crippen LogP contribution is 2.22. The number of rotatable bonds is 6. The van der Waals surface area contributed by atoms with Crippen LogP contribution in [-0.2, 0) is 26.0 Å². The minimum absolute atomic E-state index is 0.214. The first-order valence-electron chi connectivity index (χ1n) is 9.98. The Morgan fingerprint density at radius 1 is 1.11 bits per heavy atom. The maximum atomic E-state index is 12.6. The van der Waals surface area contributed by atoms with Crippen LogP contribution in [0.5, 0.6) is 0 Å². The van der Waals surface area contributed by atoms with Crippen molar-refractivity contribution < 1.29 is 17.9 Å². The molecular formula is C20H30N2O4S. The predicted molar refractivity (Wildman–Crippen MR) is 104 cm³/mol. The summed E-state index contributed by atoms with van der Waals surface area (Å²) in [5.74, 6) is 0.214. The Bertz CT molecular complexity index is 727. The van der Waals surface area contributed by atoms with E-state index < -0.39 is 10.0 Å². The van der Waals surface area contributed by atoms with E-state index in [2.05, 4.69) is 6.92 Å². The molecule has 1 atom stereocenters. The summed E-state index contributed by atoms with van der Waals surface area (Å²) in [5.41, 5.74) is 0.995. The van der Waals surface area contributed by atoms with Crippen LogP contribution in [-0.4, -0.2) is 62.4 Å². The molecule has 0 radical (unpaired) electrons. The van der Waals surface area contributed by atoms with Crippen LogP contribution in [0.25, 0.3) is 0 Å². The molecule has 0 bridgehead atoms. The number of likely N-dealkylation sites (tertiary alicyclic amines) is 1. The third kappa shape index (κ3) is 4.89. The lowest BCUT2D eigenvalue weighted by Gasteiger charge is -2.35. The van der Waals surface area contributed by atoms with Crippen molar-refractivity contribution in [3.8, 4) is 0 Å². The number of ether oxygens (including phenoxy) is 1. The lowest BCUT2D eigenvalue weighted by atomic mass is 9.99. The number of aryl methyl sites for hydroxylation is 1. The van der Waals surface area contributed by atoms with Gasteiger partial charge in [-0.1, -0.05) is 19.1 Å². The molecule has 2 heterocycles. The van der Waals surface area contributed by atoms with Gasteiger partial charge in [0.2, 0.25) is 15.9 Å². The van der Waals surface area contributed by atoms with Crippen molar-refractivity contribution in [3.05, 3.63) is 29.8 Å². The van der Waals surface area contributed by atoms with Crippen LogP contribution in [0, 0.1) is 0 Å². The maximum absolute atomic E-state index is 12.6. The molecule has 3 rings (SSSR count). The van der Waals surface area contributed by atoms with Gasteiger partial charge in [-0.15, -0.1) is 0 Å². The highest BCUT2D eigenvalue weighted by Gasteiger charge is 2.27. The largest absolute Gasteiger partial charge is 0.379 e. The molecule has 6 nitrogen and oxygen atoms in total. The number of morpholine rings is 1. The second-order valence-electron chi connectivity index (χ2n) is 7.31. The Morgan fingerprint density at radius 2 is 1.81 bits per heavy atom. The van der Waals surface area contributed by atoms with E-state index in [0.717, 1.165) is 31.4 Å². The van der Waals surface area contributed by atoms with Crippen LogP contribution in [0.15, 0.2) is 29.2 Å². The van der Waals surface area contributed by atoms with Gasteiger partial charge in [-0.3, -0.25) is 4.79 Å². The molecule has 1 aromatic rings. The monoisotopic (exact) mass is 394 g/mol. The van der Waals surface area contributed by atoms with Crippen LogP contribution in [0.3, 0.4) is 0 Å². The molecule has 27 heavy (non-hydrogen) atoms. The average molecular weight is 395 g/mol. The molecule has 0 N–H and O–H groups in total. The van der Waals surface area contributed by atoms with Crippen LogP contribution < -0.4 is 0 Å². The Kier molecular flexibility index (Phi) is 6.89. The number of piperidine rings is 1. The average Bonchev–Trinajstić information content (AvgIpc) is 2.73. The highest BCUT2D eigenvalue weighted by atomic mass is 32.2. The zero-order valence-electron chi connectivity index (χ0n) is 16.1. The number of nitrogens with zero attached hydrogens (tertiary/aromatic N) is 2. The maximum Gasteiger partial charge on any atom is 0.243 e. The van der Waals surface area contributed by atoms with E-state index in [-0.39, 0.29) is 5.91 Å². The molecular weight excluding hydrogens is 364 g/mol. The Balaban J connectivity index is 1.58. The molecule has 150 valence electrons. The molecule has 0 aromatic heterocycles. The van der Waals surface area contributed by atoms with Gasteiger partial charge in [0.05, 0.1) is 18.1 Å². The number of carbonyl (C=O) groups is 1. The second kappa shape index (κ2) is 9.17. The van der Waals surface area contributed by atoms with Gasteiger partial charge in [-0.2, -0.15) is 4.31 Å². The molecule has 1 unspecified atom stereocenters. The summed E-state index contributed by atoms with van der Waals surface area (Å²) >= 11 is 0. The van der Waals surface area contributed by atoms with E-state index in [1.165, 1.54) is 10.7 Å². The van der Waals surface area contributed by atoms with Crippen molar-refractivity contribution in [2.45, 2.75) is 56.4 Å². The molecule has 2 saturated heterocycles. The fourth-order valence-electron chi connectivity index (χ4n) is 3.91. The number of amides is 1. The topological polar surface area (TPSA) is 66.9 Å². The lowest BCUT2D eigenvalue weighted by Crippen LogP contribution is -2.43. The third-order valence-corrected chi connectivity index (χ3v) is 7.49. The van der Waals surface area contributed by atoms with Gasteiger partial charge >= 0.3 is 0 Å². The smallest absolute Gasteiger partial charge is 0.243 e. The highest BCUT2D eigenvalue weighted by molar-refractivity contribution is 7.89. The van der Waals surface area contributed by atoms with E-state index in [4.69, 9.17) is 4.74 Å². The van der Waals surface area contributed by atoms with Crippen LogP contribution >= 0.6 is 0 Å². The summed E-state index contributed by atoms with van der Waals surface area (Å²) in [6, 6.07) is 7.34. The van der Waals surface area contributed by atoms with E-state index in [9.17, 15) is 13.2 Å². The zero-order chi connectivity index (χ0) is 19.3. The fraction of sp³-hybridized carbons (Fsp3) is 0.650. The standard InChI is InChI=1S/C20H30N2O4S/c1-2-18-5-3-4-12-22(18)20(23)11-8-17-6-9-19(10-7-17)27(24,25)21-13-15-26-16-14-21/h6-7,9-10,18H,2-5,8,11-16H2,1H3. The third-order valence-electron chi connectivity index (χ3n) is 5.58. The SMILES string of the molecule is CCC1CCCCN1C(=O)CCc1ccc(S(=O)(=O)N2CCOCC2)cc1. The summed E-state index contributed by atoms with van der Waals surface area (Å²) in [6.45, 7) is 4.68. The first kappa shape index (κ1) is 20.3. The molecule has 0 spiro atoms. The number of benzene rings is 1. The quantitative estimate of drug-likeness (QED) is 0.743. The van der Waals surface area contributed by atoms with Gasteiger partial charge in [0.1, 0.15) is 0 Å². The number of sulfonamides is 1. The minimum atomic E-state index is -3.46. The molecule has 2 aliphatic rings. The number of hydrogen-bond acceptors (Lipinski definition) is 4. The van der Waals surface area contributed by atoms with Crippen molar-refractivity contribution in [3.63, 3.8) is 0 Å². The van der Waals surface area contributed by atoms with Gasteiger partial charge in [-0.25, -0.2) is 8.42 Å². The summed E-state index contributed by atoms with van der Waals surface area (Å²) in [5, 5.41) is 0. The zero-order valence-corrected chi connectivity index (χ0v) is 16.9.